The van der Waals surface area contributed by atoms with Gasteiger partial charge >= 0.3 is 0 Å². The van der Waals surface area contributed by atoms with Crippen LogP contribution in [-0.2, 0) is 9.59 Å². The smallest absolute Gasteiger partial charge is 0.294 e. The van der Waals surface area contributed by atoms with Crippen molar-refractivity contribution in [3.8, 4) is 0 Å². The molecule has 26 heavy (non-hydrogen) atoms. The number of amides is 3. The quantitative estimate of drug-likeness (QED) is 0.830. The summed E-state index contributed by atoms with van der Waals surface area (Å²) in [5, 5.41) is 1.89. The maximum absolute atomic E-state index is 13.2. The van der Waals surface area contributed by atoms with Gasteiger partial charge in [-0.1, -0.05) is 12.1 Å². The summed E-state index contributed by atoms with van der Waals surface area (Å²) >= 11 is 0.679. The van der Waals surface area contributed by atoms with Crippen molar-refractivity contribution in [1.29, 1.82) is 0 Å². The second kappa shape index (κ2) is 7.49. The maximum Gasteiger partial charge on any atom is 0.294 e. The van der Waals surface area contributed by atoms with E-state index in [1.165, 1.54) is 48.5 Å². The van der Waals surface area contributed by atoms with Gasteiger partial charge in [0.2, 0.25) is 5.91 Å². The fourth-order valence-electron chi connectivity index (χ4n) is 2.26. The Labute approximate surface area is 151 Å². The average Bonchev–Trinajstić information content (AvgIpc) is 2.84. The molecule has 2 aromatic carbocycles. The summed E-state index contributed by atoms with van der Waals surface area (Å²) < 4.78 is 26.1. The zero-order chi connectivity index (χ0) is 18.7. The topological polar surface area (TPSA) is 66.5 Å². The SMILES string of the molecule is O=C(CN1C(=O)SC(=Cc2cccc(F)c2)C1=O)Nc1ccc(F)cc1. The molecule has 1 N–H and O–H groups in total. The zero-order valence-electron chi connectivity index (χ0n) is 13.2. The molecule has 0 atom stereocenters. The lowest BCUT2D eigenvalue weighted by Crippen LogP contribution is -2.36. The molecule has 2 aromatic rings. The van der Waals surface area contributed by atoms with E-state index in [1.807, 2.05) is 0 Å². The van der Waals surface area contributed by atoms with Crippen molar-refractivity contribution in [1.82, 2.24) is 4.90 Å². The van der Waals surface area contributed by atoms with E-state index in [-0.39, 0.29) is 4.91 Å². The second-order valence-corrected chi connectivity index (χ2v) is 6.37. The van der Waals surface area contributed by atoms with Gasteiger partial charge in [0.15, 0.2) is 0 Å². The molecule has 8 heteroatoms. The van der Waals surface area contributed by atoms with Gasteiger partial charge in [0.05, 0.1) is 4.91 Å². The number of rotatable bonds is 4. The highest BCUT2D eigenvalue weighted by Gasteiger charge is 2.36. The van der Waals surface area contributed by atoms with Crippen LogP contribution in [0.1, 0.15) is 5.56 Å². The highest BCUT2D eigenvalue weighted by atomic mass is 32.2. The molecule has 0 saturated carbocycles. The molecule has 3 rings (SSSR count). The van der Waals surface area contributed by atoms with Crippen LogP contribution in [0.2, 0.25) is 0 Å². The number of halogens is 2. The molecule has 132 valence electrons. The summed E-state index contributed by atoms with van der Waals surface area (Å²) in [7, 11) is 0. The molecule has 1 aliphatic rings. The van der Waals surface area contributed by atoms with Gasteiger partial charge in [-0.3, -0.25) is 19.3 Å². The minimum atomic E-state index is -0.626. The molecule has 1 heterocycles. The van der Waals surface area contributed by atoms with Gasteiger partial charge in [0, 0.05) is 5.69 Å². The van der Waals surface area contributed by atoms with E-state index in [2.05, 4.69) is 5.32 Å². The van der Waals surface area contributed by atoms with E-state index >= 15 is 0 Å². The van der Waals surface area contributed by atoms with Crippen molar-refractivity contribution in [2.75, 3.05) is 11.9 Å². The first-order valence-electron chi connectivity index (χ1n) is 7.49. The van der Waals surface area contributed by atoms with Crippen molar-refractivity contribution in [2.24, 2.45) is 0 Å². The van der Waals surface area contributed by atoms with Gasteiger partial charge in [-0.05, 0) is 59.8 Å². The predicted molar refractivity (Wildman–Crippen MR) is 94.1 cm³/mol. The molecular formula is C18H12F2N2O3S. The summed E-state index contributed by atoms with van der Waals surface area (Å²) in [5.74, 6) is -2.13. The summed E-state index contributed by atoms with van der Waals surface area (Å²) in [5.41, 5.74) is 0.782. The van der Waals surface area contributed by atoms with Crippen LogP contribution in [0.15, 0.2) is 53.4 Å². The number of carbonyl (C=O) groups is 3. The molecule has 0 aliphatic carbocycles. The Balaban J connectivity index is 1.69. The first kappa shape index (κ1) is 17.8. The molecule has 1 aliphatic heterocycles. The summed E-state index contributed by atoms with van der Waals surface area (Å²) in [6.07, 6.45) is 1.39. The molecule has 5 nitrogen and oxygen atoms in total. The summed E-state index contributed by atoms with van der Waals surface area (Å²) in [6, 6.07) is 10.7. The number of hydrogen-bond donors (Lipinski definition) is 1. The number of hydrogen-bond acceptors (Lipinski definition) is 4. The molecule has 0 unspecified atom stereocenters. The average molecular weight is 374 g/mol. The minimum Gasteiger partial charge on any atom is -0.325 e. The number of nitrogens with one attached hydrogen (secondary N) is 1. The Morgan fingerprint density at radius 2 is 1.81 bits per heavy atom. The fourth-order valence-corrected chi connectivity index (χ4v) is 3.10. The monoisotopic (exact) mass is 374 g/mol. The van der Waals surface area contributed by atoms with Crippen LogP contribution < -0.4 is 5.32 Å². The largest absolute Gasteiger partial charge is 0.325 e. The number of imide groups is 1. The molecule has 0 bridgehead atoms. The lowest BCUT2D eigenvalue weighted by atomic mass is 10.2. The predicted octanol–water partition coefficient (Wildman–Crippen LogP) is 3.64. The van der Waals surface area contributed by atoms with E-state index in [1.54, 1.807) is 6.07 Å². The second-order valence-electron chi connectivity index (χ2n) is 5.38. The first-order chi connectivity index (χ1) is 12.4. The lowest BCUT2D eigenvalue weighted by molar-refractivity contribution is -0.127. The van der Waals surface area contributed by atoms with Crippen molar-refractivity contribution in [2.45, 2.75) is 0 Å². The number of benzene rings is 2. The highest BCUT2D eigenvalue weighted by Crippen LogP contribution is 2.32. The summed E-state index contributed by atoms with van der Waals surface area (Å²) in [4.78, 5) is 37.3. The van der Waals surface area contributed by atoms with Crippen LogP contribution in [0.3, 0.4) is 0 Å². The van der Waals surface area contributed by atoms with Gasteiger partial charge in [-0.25, -0.2) is 8.78 Å². The summed E-state index contributed by atoms with van der Waals surface area (Å²) in [6.45, 7) is -0.470. The normalized spacial score (nSPS) is 15.6. The molecule has 0 aromatic heterocycles. The Kier molecular flexibility index (Phi) is 5.13. The molecule has 1 saturated heterocycles. The highest BCUT2D eigenvalue weighted by molar-refractivity contribution is 8.18. The van der Waals surface area contributed by atoms with E-state index in [0.29, 0.717) is 23.0 Å². The Bertz CT molecular complexity index is 913. The van der Waals surface area contributed by atoms with Crippen molar-refractivity contribution in [3.05, 3.63) is 70.6 Å². The van der Waals surface area contributed by atoms with E-state index in [4.69, 9.17) is 0 Å². The number of thioether (sulfide) groups is 1. The first-order valence-corrected chi connectivity index (χ1v) is 8.30. The lowest BCUT2D eigenvalue weighted by Gasteiger charge is -2.12. The van der Waals surface area contributed by atoms with Crippen LogP contribution in [0.25, 0.3) is 6.08 Å². The van der Waals surface area contributed by atoms with Crippen molar-refractivity contribution < 1.29 is 23.2 Å². The van der Waals surface area contributed by atoms with Crippen LogP contribution >= 0.6 is 11.8 Å². The molecule has 0 spiro atoms. The van der Waals surface area contributed by atoms with E-state index in [0.717, 1.165) is 4.90 Å². The Morgan fingerprint density at radius 3 is 2.50 bits per heavy atom. The van der Waals surface area contributed by atoms with Gasteiger partial charge in [0.25, 0.3) is 11.1 Å². The van der Waals surface area contributed by atoms with E-state index in [9.17, 15) is 23.2 Å². The van der Waals surface area contributed by atoms with Crippen LogP contribution in [0.4, 0.5) is 19.3 Å². The fraction of sp³-hybridized carbons (Fsp3) is 0.0556. The van der Waals surface area contributed by atoms with Crippen LogP contribution in [0.5, 0.6) is 0 Å². The van der Waals surface area contributed by atoms with Crippen LogP contribution in [-0.4, -0.2) is 28.5 Å². The third kappa shape index (κ3) is 4.15. The molecule has 3 amide bonds. The number of carbonyl (C=O) groups excluding carboxylic acids is 3. The van der Waals surface area contributed by atoms with Gasteiger partial charge in [-0.2, -0.15) is 0 Å². The third-order valence-corrected chi connectivity index (χ3v) is 4.36. The molecular weight excluding hydrogens is 362 g/mol. The Hall–Kier alpha value is -3.00. The van der Waals surface area contributed by atoms with Gasteiger partial charge in [-0.15, -0.1) is 0 Å². The number of nitrogens with zero attached hydrogens (tertiary/aromatic N) is 1. The maximum atomic E-state index is 13.2. The standard InChI is InChI=1S/C18H12F2N2O3S/c19-12-4-6-14(7-5-12)21-16(23)10-22-17(24)15(26-18(22)25)9-11-2-1-3-13(20)8-11/h1-9H,10H2,(H,21,23). The molecule has 0 radical (unpaired) electrons. The zero-order valence-corrected chi connectivity index (χ0v) is 14.1. The van der Waals surface area contributed by atoms with Gasteiger partial charge < -0.3 is 5.32 Å². The van der Waals surface area contributed by atoms with Crippen molar-refractivity contribution >= 4 is 40.6 Å². The minimum absolute atomic E-state index is 0.107. The van der Waals surface area contributed by atoms with Crippen LogP contribution in [0, 0.1) is 11.6 Å². The van der Waals surface area contributed by atoms with Crippen molar-refractivity contribution in [3.63, 3.8) is 0 Å². The van der Waals surface area contributed by atoms with Gasteiger partial charge in [0.1, 0.15) is 18.2 Å². The molecule has 1 fully saturated rings. The third-order valence-electron chi connectivity index (χ3n) is 3.45. The number of anilines is 1. The Morgan fingerprint density at radius 1 is 1.08 bits per heavy atom. The van der Waals surface area contributed by atoms with E-state index < -0.39 is 35.2 Å².